The van der Waals surface area contributed by atoms with Crippen LogP contribution in [0.3, 0.4) is 0 Å². The molecule has 2 aromatic carbocycles. The molecular formula is C22H18BrCl2N3O2. The van der Waals surface area contributed by atoms with E-state index in [1.165, 1.54) is 10.9 Å². The second kappa shape index (κ2) is 8.81. The summed E-state index contributed by atoms with van der Waals surface area (Å²) >= 11 is 15.9. The van der Waals surface area contributed by atoms with Crippen molar-refractivity contribution in [3.63, 3.8) is 0 Å². The number of aromatic nitrogens is 2. The van der Waals surface area contributed by atoms with Gasteiger partial charge in [0.25, 0.3) is 5.56 Å². The molecule has 0 N–H and O–H groups in total. The van der Waals surface area contributed by atoms with Gasteiger partial charge in [-0.1, -0.05) is 65.8 Å². The Hall–Kier alpha value is -2.33. The van der Waals surface area contributed by atoms with Gasteiger partial charge in [-0.05, 0) is 35.9 Å². The minimum absolute atomic E-state index is 0.0511. The Balaban J connectivity index is 2.13. The van der Waals surface area contributed by atoms with Crippen molar-refractivity contribution < 1.29 is 4.74 Å². The van der Waals surface area contributed by atoms with E-state index in [0.29, 0.717) is 38.1 Å². The molecule has 0 fully saturated rings. The lowest BCUT2D eigenvalue weighted by Crippen LogP contribution is -2.29. The Morgan fingerprint density at radius 2 is 1.93 bits per heavy atom. The number of benzene rings is 2. The molecule has 0 aliphatic carbocycles. The maximum absolute atomic E-state index is 13.2. The van der Waals surface area contributed by atoms with Gasteiger partial charge in [0.1, 0.15) is 12.4 Å². The number of fused-ring (bicyclic) bond motifs is 1. The quantitative estimate of drug-likeness (QED) is 0.339. The molecule has 1 aromatic heterocycles. The first-order valence-corrected chi connectivity index (χ1v) is 10.5. The first-order chi connectivity index (χ1) is 14.1. The van der Waals surface area contributed by atoms with Crippen LogP contribution in [-0.4, -0.2) is 22.5 Å². The third-order valence-corrected chi connectivity index (χ3v) is 5.18. The molecule has 3 aromatic rings. The molecule has 3 rings (SSSR count). The highest BCUT2D eigenvalue weighted by Gasteiger charge is 2.23. The summed E-state index contributed by atoms with van der Waals surface area (Å²) < 4.78 is 7.45. The lowest BCUT2D eigenvalue weighted by Gasteiger charge is -2.20. The maximum atomic E-state index is 13.2. The van der Waals surface area contributed by atoms with Crippen LogP contribution >= 0.6 is 39.1 Å². The normalized spacial score (nSPS) is 11.8. The molecule has 8 heteroatoms. The molecule has 1 heterocycles. The van der Waals surface area contributed by atoms with Gasteiger partial charge in [-0.15, -0.1) is 6.42 Å². The molecule has 0 radical (unpaired) electrons. The summed E-state index contributed by atoms with van der Waals surface area (Å²) in [6, 6.07) is 8.65. The Kier molecular flexibility index (Phi) is 6.56. The fourth-order valence-corrected chi connectivity index (χ4v) is 3.75. The van der Waals surface area contributed by atoms with Crippen molar-refractivity contribution in [2.24, 2.45) is 5.10 Å². The van der Waals surface area contributed by atoms with Crippen LogP contribution in [-0.2, 0) is 5.41 Å². The van der Waals surface area contributed by atoms with Crippen LogP contribution < -0.4 is 10.3 Å². The van der Waals surface area contributed by atoms with Crippen molar-refractivity contribution in [1.82, 2.24) is 9.66 Å². The molecule has 0 spiro atoms. The van der Waals surface area contributed by atoms with Crippen LogP contribution in [0, 0.1) is 12.3 Å². The molecule has 0 aliphatic rings. The van der Waals surface area contributed by atoms with Gasteiger partial charge in [-0.3, -0.25) is 4.79 Å². The molecule has 0 aliphatic heterocycles. The molecule has 0 atom stereocenters. The summed E-state index contributed by atoms with van der Waals surface area (Å²) in [5.41, 5.74) is 0.522. The smallest absolute Gasteiger partial charge is 0.282 e. The molecular weight excluding hydrogens is 489 g/mol. The van der Waals surface area contributed by atoms with E-state index >= 15 is 0 Å². The number of hydrogen-bond donors (Lipinski definition) is 0. The van der Waals surface area contributed by atoms with E-state index in [1.807, 2.05) is 26.8 Å². The fourth-order valence-electron chi connectivity index (χ4n) is 2.77. The van der Waals surface area contributed by atoms with Gasteiger partial charge in [-0.25, -0.2) is 4.98 Å². The summed E-state index contributed by atoms with van der Waals surface area (Å²) in [7, 11) is 0. The third kappa shape index (κ3) is 4.70. The number of hydrogen-bond acceptors (Lipinski definition) is 4. The van der Waals surface area contributed by atoms with E-state index in [4.69, 9.17) is 34.4 Å². The summed E-state index contributed by atoms with van der Waals surface area (Å²) in [4.78, 5) is 17.9. The minimum atomic E-state index is -0.417. The number of halogens is 3. The Bertz CT molecular complexity index is 1230. The lowest BCUT2D eigenvalue weighted by atomic mass is 9.95. The standard InChI is InChI=1S/C22H18BrCl2N3O2/c1-5-8-30-19-16(24)9-13(10-17(19)25)12-26-28-20(29)15-11-14(23)6-7-18(15)27-21(28)22(2,3)4/h1,6-7,9-12H,8H2,2-4H3. The predicted octanol–water partition coefficient (Wildman–Crippen LogP) is 5.66. The molecule has 154 valence electrons. The zero-order valence-corrected chi connectivity index (χ0v) is 19.6. The largest absolute Gasteiger partial charge is 0.478 e. The van der Waals surface area contributed by atoms with Crippen LogP contribution in [0.4, 0.5) is 0 Å². The van der Waals surface area contributed by atoms with E-state index in [0.717, 1.165) is 4.47 Å². The summed E-state index contributed by atoms with van der Waals surface area (Å²) in [6.45, 7) is 5.96. The highest BCUT2D eigenvalue weighted by Crippen LogP contribution is 2.33. The van der Waals surface area contributed by atoms with Crippen molar-refractivity contribution in [3.05, 3.63) is 66.6 Å². The second-order valence-electron chi connectivity index (χ2n) is 7.51. The van der Waals surface area contributed by atoms with Crippen molar-refractivity contribution in [3.8, 4) is 18.1 Å². The number of nitrogens with zero attached hydrogens (tertiary/aromatic N) is 3. The number of rotatable bonds is 4. The molecule has 0 saturated carbocycles. The first-order valence-electron chi connectivity index (χ1n) is 8.94. The first kappa shape index (κ1) is 22.4. The zero-order chi connectivity index (χ0) is 22.1. The average molecular weight is 507 g/mol. The van der Waals surface area contributed by atoms with E-state index in [-0.39, 0.29) is 12.2 Å². The van der Waals surface area contributed by atoms with Gasteiger partial charge < -0.3 is 4.74 Å². The fraction of sp³-hybridized carbons (Fsp3) is 0.227. The molecule has 0 unspecified atom stereocenters. The topological polar surface area (TPSA) is 56.5 Å². The van der Waals surface area contributed by atoms with Crippen LogP contribution in [0.25, 0.3) is 10.9 Å². The highest BCUT2D eigenvalue weighted by atomic mass is 79.9. The Morgan fingerprint density at radius 3 is 2.53 bits per heavy atom. The maximum Gasteiger partial charge on any atom is 0.282 e. The molecule has 0 amide bonds. The zero-order valence-electron chi connectivity index (χ0n) is 16.5. The van der Waals surface area contributed by atoms with Gasteiger partial charge in [0.05, 0.1) is 27.2 Å². The van der Waals surface area contributed by atoms with Crippen molar-refractivity contribution in [1.29, 1.82) is 0 Å². The average Bonchev–Trinajstić information content (AvgIpc) is 2.66. The van der Waals surface area contributed by atoms with Crippen molar-refractivity contribution in [2.75, 3.05) is 6.61 Å². The van der Waals surface area contributed by atoms with Gasteiger partial charge in [0.2, 0.25) is 0 Å². The summed E-state index contributed by atoms with van der Waals surface area (Å²) in [5, 5.41) is 5.46. The van der Waals surface area contributed by atoms with Gasteiger partial charge in [0, 0.05) is 9.89 Å². The summed E-state index contributed by atoms with van der Waals surface area (Å²) in [6.07, 6.45) is 6.71. The monoisotopic (exact) mass is 505 g/mol. The van der Waals surface area contributed by atoms with Gasteiger partial charge in [0.15, 0.2) is 5.75 Å². The van der Waals surface area contributed by atoms with Crippen LogP contribution in [0.1, 0.15) is 32.2 Å². The molecule has 0 saturated heterocycles. The van der Waals surface area contributed by atoms with E-state index in [2.05, 4.69) is 31.9 Å². The molecule has 0 bridgehead atoms. The van der Waals surface area contributed by atoms with Crippen LogP contribution in [0.2, 0.25) is 10.0 Å². The molecule has 30 heavy (non-hydrogen) atoms. The van der Waals surface area contributed by atoms with Crippen LogP contribution in [0.5, 0.6) is 5.75 Å². The van der Waals surface area contributed by atoms with E-state index in [1.54, 1.807) is 24.3 Å². The van der Waals surface area contributed by atoms with Crippen molar-refractivity contribution >= 4 is 56.2 Å². The number of terminal acetylenes is 1. The SMILES string of the molecule is C#CCOc1c(Cl)cc(C=Nn2c(C(C)(C)C)nc3ccc(Br)cc3c2=O)cc1Cl. The predicted molar refractivity (Wildman–Crippen MR) is 126 cm³/mol. The summed E-state index contributed by atoms with van der Waals surface area (Å²) in [5.74, 6) is 3.20. The minimum Gasteiger partial charge on any atom is -0.478 e. The molecule has 5 nitrogen and oxygen atoms in total. The third-order valence-electron chi connectivity index (χ3n) is 4.12. The highest BCUT2D eigenvalue weighted by molar-refractivity contribution is 9.10. The number of ether oxygens (including phenoxy) is 1. The van der Waals surface area contributed by atoms with Gasteiger partial charge in [-0.2, -0.15) is 9.78 Å². The van der Waals surface area contributed by atoms with E-state index in [9.17, 15) is 4.79 Å². The lowest BCUT2D eigenvalue weighted by molar-refractivity contribution is 0.371. The Labute approximate surface area is 192 Å². The van der Waals surface area contributed by atoms with Crippen LogP contribution in [0.15, 0.2) is 44.7 Å². The van der Waals surface area contributed by atoms with Gasteiger partial charge >= 0.3 is 0 Å². The van der Waals surface area contributed by atoms with Crippen molar-refractivity contribution in [2.45, 2.75) is 26.2 Å². The second-order valence-corrected chi connectivity index (χ2v) is 9.24. The Morgan fingerprint density at radius 1 is 1.27 bits per heavy atom. The van der Waals surface area contributed by atoms with E-state index < -0.39 is 5.41 Å².